The van der Waals surface area contributed by atoms with E-state index in [4.69, 9.17) is 9.47 Å². The summed E-state index contributed by atoms with van der Waals surface area (Å²) in [6.07, 6.45) is 2.62. The van der Waals surface area contributed by atoms with E-state index in [0.717, 1.165) is 29.0 Å². The fourth-order valence-corrected chi connectivity index (χ4v) is 4.42. The molecule has 0 aliphatic carbocycles. The molecule has 2 aromatic carbocycles. The number of benzene rings is 2. The number of fused-ring (bicyclic) bond motifs is 1. The van der Waals surface area contributed by atoms with Gasteiger partial charge in [0.1, 0.15) is 22.5 Å². The summed E-state index contributed by atoms with van der Waals surface area (Å²) in [6.45, 7) is 4.15. The van der Waals surface area contributed by atoms with E-state index in [1.54, 1.807) is 20.1 Å². The number of H-pyrrole nitrogens is 1. The Balaban J connectivity index is 1.41. The third-order valence-electron chi connectivity index (χ3n) is 6.46. The van der Waals surface area contributed by atoms with Crippen molar-refractivity contribution < 1.29 is 23.0 Å². The molecule has 5 rings (SSSR count). The van der Waals surface area contributed by atoms with Crippen LogP contribution in [-0.2, 0) is 11.3 Å². The van der Waals surface area contributed by atoms with Crippen molar-refractivity contribution in [3.63, 3.8) is 0 Å². The van der Waals surface area contributed by atoms with Crippen molar-refractivity contribution in [2.75, 3.05) is 24.4 Å². The normalized spacial score (nSPS) is 11.8. The molecule has 0 bridgehead atoms. The van der Waals surface area contributed by atoms with E-state index in [1.165, 1.54) is 35.0 Å². The molecule has 1 atom stereocenters. The van der Waals surface area contributed by atoms with Crippen molar-refractivity contribution in [3.8, 4) is 17.2 Å². The molecule has 0 aliphatic rings. The average Bonchev–Trinajstić information content (AvgIpc) is 3.39. The zero-order chi connectivity index (χ0) is 30.7. The molecule has 0 spiro atoms. The van der Waals surface area contributed by atoms with Gasteiger partial charge in [-0.25, -0.2) is 23.1 Å². The number of carbonyl (C=O) groups is 1. The fraction of sp³-hybridized carbons (Fsp3) is 0.207. The number of amides is 1. The van der Waals surface area contributed by atoms with Crippen LogP contribution in [0.25, 0.3) is 16.7 Å². The van der Waals surface area contributed by atoms with Gasteiger partial charge >= 0.3 is 5.69 Å². The largest absolute Gasteiger partial charge is 0.453 e. The number of ether oxygens (including phenoxy) is 2. The van der Waals surface area contributed by atoms with Crippen LogP contribution in [0.1, 0.15) is 24.2 Å². The summed E-state index contributed by atoms with van der Waals surface area (Å²) in [5.41, 5.74) is -1.42. The number of nitrogens with one attached hydrogen (secondary N) is 3. The van der Waals surface area contributed by atoms with Crippen molar-refractivity contribution in [1.29, 1.82) is 0 Å². The molecule has 1 amide bonds. The lowest BCUT2D eigenvalue weighted by Gasteiger charge is -2.14. The van der Waals surface area contributed by atoms with Gasteiger partial charge in [0.15, 0.2) is 23.0 Å². The molecule has 3 N–H and O–H groups in total. The van der Waals surface area contributed by atoms with Crippen LogP contribution in [0, 0.1) is 11.6 Å². The second kappa shape index (κ2) is 12.2. The lowest BCUT2D eigenvalue weighted by atomic mass is 10.2. The zero-order valence-electron chi connectivity index (χ0n) is 23.4. The SMILES string of the molecule is CCn1cc(C(=O)Nc2ccc(Oc3ccnc4[nH]nc(NC(C)COC)c34)c(F)c2)c(=O)n(-c2ccc(F)cc2)c1=O. The Labute approximate surface area is 242 Å². The number of anilines is 2. The first-order valence-electron chi connectivity index (χ1n) is 13.2. The molecule has 3 aromatic heterocycles. The number of rotatable bonds is 10. The van der Waals surface area contributed by atoms with Crippen molar-refractivity contribution in [2.45, 2.75) is 26.4 Å². The number of aromatic nitrogens is 5. The molecule has 0 fully saturated rings. The standard InChI is InChI=1S/C29H27F2N7O5/c1-4-37-14-20(28(40)38(29(37)41)19-8-5-17(30)6-9-19)27(39)34-18-7-10-22(21(31)13-18)43-23-11-12-32-25-24(23)26(36-35-25)33-16(2)15-42-3/h5-14,16H,4,15H2,1-3H3,(H,34,39)(H2,32,33,35,36). The van der Waals surface area contributed by atoms with Crippen LogP contribution in [0.4, 0.5) is 20.3 Å². The highest BCUT2D eigenvalue weighted by atomic mass is 19.1. The Hall–Kier alpha value is -5.37. The molecule has 0 saturated heterocycles. The maximum absolute atomic E-state index is 15.2. The van der Waals surface area contributed by atoms with Crippen LogP contribution in [0.2, 0.25) is 0 Å². The van der Waals surface area contributed by atoms with Crippen LogP contribution in [0.15, 0.2) is 70.5 Å². The molecule has 3 heterocycles. The highest BCUT2D eigenvalue weighted by Gasteiger charge is 2.20. The van der Waals surface area contributed by atoms with E-state index in [1.807, 2.05) is 6.92 Å². The predicted octanol–water partition coefficient (Wildman–Crippen LogP) is 4.06. The Morgan fingerprint density at radius 3 is 2.56 bits per heavy atom. The molecule has 0 radical (unpaired) electrons. The van der Waals surface area contributed by atoms with Gasteiger partial charge in [-0.2, -0.15) is 5.10 Å². The number of hydrogen-bond acceptors (Lipinski definition) is 8. The number of aryl methyl sites for hydroxylation is 1. The number of carbonyl (C=O) groups excluding carboxylic acids is 1. The predicted molar refractivity (Wildman–Crippen MR) is 155 cm³/mol. The number of pyridine rings is 1. The Bertz CT molecular complexity index is 1920. The van der Waals surface area contributed by atoms with Gasteiger partial charge in [-0.1, -0.05) is 0 Å². The molecule has 0 aliphatic heterocycles. The summed E-state index contributed by atoms with van der Waals surface area (Å²) in [5, 5.41) is 13.2. The van der Waals surface area contributed by atoms with Crippen LogP contribution < -0.4 is 26.6 Å². The lowest BCUT2D eigenvalue weighted by molar-refractivity contribution is 0.102. The van der Waals surface area contributed by atoms with Crippen LogP contribution in [0.3, 0.4) is 0 Å². The van der Waals surface area contributed by atoms with Gasteiger partial charge in [0.05, 0.1) is 12.3 Å². The smallest absolute Gasteiger partial charge is 0.335 e. The topological polar surface area (TPSA) is 145 Å². The average molecular weight is 592 g/mol. The van der Waals surface area contributed by atoms with Crippen LogP contribution >= 0.6 is 0 Å². The Kier molecular flexibility index (Phi) is 8.29. The molecule has 5 aromatic rings. The molecular weight excluding hydrogens is 564 g/mol. The third kappa shape index (κ3) is 5.99. The van der Waals surface area contributed by atoms with Gasteiger partial charge in [-0.05, 0) is 50.2 Å². The Morgan fingerprint density at radius 1 is 1.09 bits per heavy atom. The van der Waals surface area contributed by atoms with Crippen molar-refractivity contribution in [3.05, 3.63) is 99.0 Å². The van der Waals surface area contributed by atoms with Gasteiger partial charge < -0.3 is 20.1 Å². The maximum atomic E-state index is 15.2. The van der Waals surface area contributed by atoms with Crippen molar-refractivity contribution >= 4 is 28.4 Å². The second-order valence-electron chi connectivity index (χ2n) is 9.54. The minimum absolute atomic E-state index is 0.0377. The van der Waals surface area contributed by atoms with Crippen molar-refractivity contribution in [1.82, 2.24) is 24.3 Å². The van der Waals surface area contributed by atoms with Gasteiger partial charge in [0, 0.05) is 49.9 Å². The number of methoxy groups -OCH3 is 1. The van der Waals surface area contributed by atoms with Gasteiger partial charge in [-0.3, -0.25) is 19.3 Å². The molecule has 14 heteroatoms. The number of aromatic amines is 1. The molecule has 1 unspecified atom stereocenters. The van der Waals surface area contributed by atoms with E-state index in [-0.39, 0.29) is 41.0 Å². The summed E-state index contributed by atoms with van der Waals surface area (Å²) in [4.78, 5) is 43.4. The lowest BCUT2D eigenvalue weighted by Crippen LogP contribution is -2.42. The molecule has 12 nitrogen and oxygen atoms in total. The summed E-state index contributed by atoms with van der Waals surface area (Å²) < 4.78 is 41.6. The molecule has 222 valence electrons. The van der Waals surface area contributed by atoms with Crippen molar-refractivity contribution in [2.24, 2.45) is 0 Å². The summed E-state index contributed by atoms with van der Waals surface area (Å²) >= 11 is 0. The minimum atomic E-state index is -0.912. The van der Waals surface area contributed by atoms with Gasteiger partial charge in [0.2, 0.25) is 0 Å². The molecule has 0 saturated carbocycles. The number of hydrogen-bond donors (Lipinski definition) is 3. The first-order chi connectivity index (χ1) is 20.7. The summed E-state index contributed by atoms with van der Waals surface area (Å²) in [5.74, 6) is -1.62. The van der Waals surface area contributed by atoms with E-state index < -0.39 is 28.8 Å². The number of nitrogens with zero attached hydrogens (tertiary/aromatic N) is 4. The molecular formula is C29H27F2N7O5. The van der Waals surface area contributed by atoms with Gasteiger partial charge in [-0.15, -0.1) is 0 Å². The highest BCUT2D eigenvalue weighted by Crippen LogP contribution is 2.34. The second-order valence-corrected chi connectivity index (χ2v) is 9.54. The molecule has 43 heavy (non-hydrogen) atoms. The minimum Gasteiger partial charge on any atom is -0.453 e. The fourth-order valence-electron chi connectivity index (χ4n) is 4.42. The summed E-state index contributed by atoms with van der Waals surface area (Å²) in [6, 6.07) is 9.95. The van der Waals surface area contributed by atoms with Crippen LogP contribution in [0.5, 0.6) is 11.5 Å². The van der Waals surface area contributed by atoms with E-state index >= 15 is 4.39 Å². The Morgan fingerprint density at radius 2 is 1.86 bits per heavy atom. The third-order valence-corrected chi connectivity index (χ3v) is 6.46. The van der Waals surface area contributed by atoms with E-state index in [0.29, 0.717) is 23.5 Å². The maximum Gasteiger partial charge on any atom is 0.335 e. The number of halogens is 2. The first kappa shape index (κ1) is 29.1. The quantitative estimate of drug-likeness (QED) is 0.221. The van der Waals surface area contributed by atoms with Gasteiger partial charge in [0.25, 0.3) is 11.5 Å². The zero-order valence-corrected chi connectivity index (χ0v) is 23.4. The monoisotopic (exact) mass is 591 g/mol. The summed E-state index contributed by atoms with van der Waals surface area (Å²) in [7, 11) is 1.58. The highest BCUT2D eigenvalue weighted by molar-refractivity contribution is 6.04. The van der Waals surface area contributed by atoms with E-state index in [9.17, 15) is 18.8 Å². The van der Waals surface area contributed by atoms with E-state index in [2.05, 4.69) is 25.8 Å². The first-order valence-corrected chi connectivity index (χ1v) is 13.2. The van der Waals surface area contributed by atoms with Crippen LogP contribution in [-0.4, -0.2) is 50.0 Å².